The highest BCUT2D eigenvalue weighted by molar-refractivity contribution is 5.27. The topological polar surface area (TPSA) is 12.0 Å². The predicted molar refractivity (Wildman–Crippen MR) is 79.5 cm³/mol. The molecule has 18 heavy (non-hydrogen) atoms. The zero-order chi connectivity index (χ0) is 13.6. The first-order valence-electron chi connectivity index (χ1n) is 6.67. The Morgan fingerprint density at radius 3 is 2.28 bits per heavy atom. The van der Waals surface area contributed by atoms with Gasteiger partial charge in [0.2, 0.25) is 0 Å². The summed E-state index contributed by atoms with van der Waals surface area (Å²) in [5, 5.41) is 3.13. The molecule has 0 heterocycles. The van der Waals surface area contributed by atoms with E-state index in [1.807, 2.05) is 6.92 Å². The van der Waals surface area contributed by atoms with Gasteiger partial charge in [-0.3, -0.25) is 0 Å². The molecule has 0 saturated carbocycles. The van der Waals surface area contributed by atoms with Gasteiger partial charge in [-0.05, 0) is 35.8 Å². The molecule has 0 bridgehead atoms. The van der Waals surface area contributed by atoms with Gasteiger partial charge in [0.25, 0.3) is 0 Å². The van der Waals surface area contributed by atoms with Crippen molar-refractivity contribution < 1.29 is 0 Å². The van der Waals surface area contributed by atoms with E-state index in [2.05, 4.69) is 69.2 Å². The van der Waals surface area contributed by atoms with Gasteiger partial charge in [0.15, 0.2) is 0 Å². The van der Waals surface area contributed by atoms with Crippen molar-refractivity contribution in [2.45, 2.75) is 46.5 Å². The summed E-state index contributed by atoms with van der Waals surface area (Å²) >= 11 is 0. The van der Waals surface area contributed by atoms with Crippen LogP contribution in [0.4, 0.5) is 0 Å². The van der Waals surface area contributed by atoms with Gasteiger partial charge in [0, 0.05) is 12.6 Å². The predicted octanol–water partition coefficient (Wildman–Crippen LogP) is 3.73. The fourth-order valence-electron chi connectivity index (χ4n) is 1.93. The van der Waals surface area contributed by atoms with Crippen molar-refractivity contribution in [3.63, 3.8) is 0 Å². The fraction of sp³-hybridized carbons (Fsp3) is 0.529. The molecule has 0 aliphatic rings. The summed E-state index contributed by atoms with van der Waals surface area (Å²) in [5.41, 5.74) is 3.04. The van der Waals surface area contributed by atoms with E-state index in [1.165, 1.54) is 11.1 Å². The lowest BCUT2D eigenvalue weighted by Crippen LogP contribution is -2.18. The minimum atomic E-state index is 0.239. The van der Waals surface area contributed by atoms with Crippen LogP contribution in [0.15, 0.2) is 24.3 Å². The third kappa shape index (κ3) is 4.84. The van der Waals surface area contributed by atoms with Crippen LogP contribution in [0.5, 0.6) is 0 Å². The van der Waals surface area contributed by atoms with E-state index in [-0.39, 0.29) is 5.41 Å². The lowest BCUT2D eigenvalue weighted by molar-refractivity contribution is 0.558. The highest BCUT2D eigenvalue weighted by Crippen LogP contribution is 2.22. The van der Waals surface area contributed by atoms with Gasteiger partial charge in [-0.15, -0.1) is 0 Å². The summed E-state index contributed by atoms with van der Waals surface area (Å²) in [6, 6.07) is 11.9. The number of rotatable bonds is 4. The van der Waals surface area contributed by atoms with E-state index in [4.69, 9.17) is 0 Å². The van der Waals surface area contributed by atoms with E-state index in [1.54, 1.807) is 0 Å². The first-order chi connectivity index (χ1) is 8.43. The Hall–Kier alpha value is -1.42. The van der Waals surface area contributed by atoms with E-state index in [0.717, 1.165) is 13.0 Å². The average molecular weight is 243 g/mol. The highest BCUT2D eigenvalue weighted by atomic mass is 14.8. The lowest BCUT2D eigenvalue weighted by atomic mass is 9.86. The van der Waals surface area contributed by atoms with Crippen LogP contribution in [0.25, 0.3) is 0 Å². The molecule has 0 aliphatic heterocycles. The average Bonchev–Trinajstić information content (AvgIpc) is 2.29. The maximum absolute atomic E-state index is 3.13. The maximum Gasteiger partial charge on any atom is 0.0258 e. The Kier molecular flexibility index (Phi) is 5.28. The van der Waals surface area contributed by atoms with Crippen LogP contribution < -0.4 is 5.32 Å². The van der Waals surface area contributed by atoms with Crippen molar-refractivity contribution in [1.82, 2.24) is 5.32 Å². The van der Waals surface area contributed by atoms with Crippen LogP contribution in [0.3, 0.4) is 0 Å². The van der Waals surface area contributed by atoms with Gasteiger partial charge in [0.1, 0.15) is 0 Å². The number of benzene rings is 1. The first kappa shape index (κ1) is 14.6. The van der Waals surface area contributed by atoms with Gasteiger partial charge in [-0.25, -0.2) is 0 Å². The summed E-state index contributed by atoms with van der Waals surface area (Å²) in [4.78, 5) is 0. The molecule has 0 amide bonds. The molecule has 1 unspecified atom stereocenters. The molecule has 0 aromatic heterocycles. The molecule has 98 valence electrons. The molecule has 1 rings (SSSR count). The van der Waals surface area contributed by atoms with Crippen molar-refractivity contribution in [3.8, 4) is 12.0 Å². The number of hydrogen-bond acceptors (Lipinski definition) is 1. The zero-order valence-electron chi connectivity index (χ0n) is 12.3. The number of hydrogen-bond donors (Lipinski definition) is 1. The molecule has 0 fully saturated rings. The number of nitrogens with one attached hydrogen (secondary N) is 1. The molecule has 0 saturated heterocycles. The molecule has 1 atom stereocenters. The normalized spacial score (nSPS) is 12.5. The van der Waals surface area contributed by atoms with Crippen LogP contribution in [0.1, 0.15) is 45.7 Å². The monoisotopic (exact) mass is 243 g/mol. The Morgan fingerprint density at radius 2 is 1.78 bits per heavy atom. The van der Waals surface area contributed by atoms with Crippen molar-refractivity contribution in [2.24, 2.45) is 5.92 Å². The molecular weight excluding hydrogens is 218 g/mol. The summed E-state index contributed by atoms with van der Waals surface area (Å²) in [6.45, 7) is 11.8. The Balaban J connectivity index is 2.55. The Bertz CT molecular complexity index is 412. The van der Waals surface area contributed by atoms with Crippen LogP contribution in [-0.2, 0) is 11.8 Å². The fourth-order valence-corrected chi connectivity index (χ4v) is 1.93. The Morgan fingerprint density at radius 1 is 1.17 bits per heavy atom. The minimum Gasteiger partial charge on any atom is -0.346 e. The zero-order valence-corrected chi connectivity index (χ0v) is 12.3. The van der Waals surface area contributed by atoms with Gasteiger partial charge in [0.05, 0.1) is 0 Å². The molecular formula is C17H25N. The first-order valence-corrected chi connectivity index (χ1v) is 6.67. The van der Waals surface area contributed by atoms with Gasteiger partial charge < -0.3 is 5.32 Å². The molecule has 1 N–H and O–H groups in total. The standard InChI is InChI=1S/C17H25N/c1-6-11-18-13-14(2)12-15-7-9-16(10-8-15)17(3,4)5/h7-10,14,18H,12-13H2,1-5H3. The quantitative estimate of drug-likeness (QED) is 0.627. The second-order valence-corrected chi connectivity index (χ2v) is 6.01. The summed E-state index contributed by atoms with van der Waals surface area (Å²) in [6.07, 6.45) is 1.10. The Labute approximate surface area is 112 Å². The van der Waals surface area contributed by atoms with Crippen LogP contribution >= 0.6 is 0 Å². The van der Waals surface area contributed by atoms with E-state index in [0.29, 0.717) is 5.92 Å². The van der Waals surface area contributed by atoms with Crippen LogP contribution in [0.2, 0.25) is 0 Å². The molecule has 0 radical (unpaired) electrons. The molecule has 1 aromatic rings. The van der Waals surface area contributed by atoms with E-state index in [9.17, 15) is 0 Å². The highest BCUT2D eigenvalue weighted by Gasteiger charge is 2.13. The SMILES string of the molecule is CC#CNCC(C)Cc1ccc(C(C)(C)C)cc1. The van der Waals surface area contributed by atoms with E-state index >= 15 is 0 Å². The second-order valence-electron chi connectivity index (χ2n) is 6.01. The summed E-state index contributed by atoms with van der Waals surface area (Å²) in [7, 11) is 0. The van der Waals surface area contributed by atoms with Crippen molar-refractivity contribution >= 4 is 0 Å². The molecule has 0 spiro atoms. The lowest BCUT2D eigenvalue weighted by Gasteiger charge is -2.19. The minimum absolute atomic E-state index is 0.239. The largest absolute Gasteiger partial charge is 0.346 e. The molecule has 0 aliphatic carbocycles. The van der Waals surface area contributed by atoms with Crippen LogP contribution in [-0.4, -0.2) is 6.54 Å². The molecule has 1 nitrogen and oxygen atoms in total. The second kappa shape index (κ2) is 6.50. The van der Waals surface area contributed by atoms with Crippen molar-refractivity contribution in [3.05, 3.63) is 35.4 Å². The third-order valence-corrected chi connectivity index (χ3v) is 3.07. The van der Waals surface area contributed by atoms with Gasteiger partial charge in [-0.2, -0.15) is 0 Å². The van der Waals surface area contributed by atoms with Crippen molar-refractivity contribution in [2.75, 3.05) is 6.54 Å². The molecule has 1 aromatic carbocycles. The summed E-state index contributed by atoms with van der Waals surface area (Å²) < 4.78 is 0. The van der Waals surface area contributed by atoms with E-state index < -0.39 is 0 Å². The smallest absolute Gasteiger partial charge is 0.0258 e. The third-order valence-electron chi connectivity index (χ3n) is 3.07. The van der Waals surface area contributed by atoms with Crippen molar-refractivity contribution in [1.29, 1.82) is 0 Å². The van der Waals surface area contributed by atoms with Gasteiger partial charge in [-0.1, -0.05) is 57.9 Å². The van der Waals surface area contributed by atoms with Gasteiger partial charge >= 0.3 is 0 Å². The maximum atomic E-state index is 3.13. The molecule has 1 heteroatoms. The summed E-state index contributed by atoms with van der Waals surface area (Å²) in [5.74, 6) is 3.45. The van der Waals surface area contributed by atoms with Crippen LogP contribution in [0, 0.1) is 17.9 Å².